The third-order valence-corrected chi connectivity index (χ3v) is 11.4. The number of rotatable bonds is 11. The number of aliphatic hydroxyl groups excluding tert-OH is 1. The lowest BCUT2D eigenvalue weighted by Crippen LogP contribution is -2.38. The van der Waals surface area contributed by atoms with E-state index >= 15 is 0 Å². The minimum atomic E-state index is -0.770. The summed E-state index contributed by atoms with van der Waals surface area (Å²) in [7, 11) is 0. The van der Waals surface area contributed by atoms with Crippen LogP contribution in [0.25, 0.3) is 0 Å². The van der Waals surface area contributed by atoms with E-state index in [1.165, 1.54) is 6.07 Å². The van der Waals surface area contributed by atoms with Gasteiger partial charge in [-0.15, -0.1) is 0 Å². The largest absolute Gasteiger partial charge is 0.487 e. The van der Waals surface area contributed by atoms with E-state index in [9.17, 15) is 23.9 Å². The summed E-state index contributed by atoms with van der Waals surface area (Å²) >= 11 is 0. The molecule has 0 unspecified atom stereocenters. The van der Waals surface area contributed by atoms with E-state index in [0.717, 1.165) is 74.7 Å². The van der Waals surface area contributed by atoms with Gasteiger partial charge in [-0.05, 0) is 112 Å². The molecule has 1 saturated heterocycles. The summed E-state index contributed by atoms with van der Waals surface area (Å²) in [6.45, 7) is 0.478. The Morgan fingerprint density at radius 3 is 2.50 bits per heavy atom. The number of nitrogens with zero attached hydrogens (tertiary/aromatic N) is 2. The summed E-state index contributed by atoms with van der Waals surface area (Å²) in [5, 5.41) is 11.8. The minimum absolute atomic E-state index is 0.0164. The van der Waals surface area contributed by atoms with Crippen LogP contribution in [0.15, 0.2) is 65.6 Å². The summed E-state index contributed by atoms with van der Waals surface area (Å²) in [4.78, 5) is 42.1. The van der Waals surface area contributed by atoms with Crippen molar-refractivity contribution in [3.63, 3.8) is 0 Å². The number of aromatic nitrogens is 1. The number of ketones is 1. The molecular formula is C40H47FN2O5. The highest BCUT2D eigenvalue weighted by Crippen LogP contribution is 2.49. The molecule has 48 heavy (non-hydrogen) atoms. The number of carbonyl (C=O) groups excluding carboxylic acids is 2. The number of benzene rings is 2. The van der Waals surface area contributed by atoms with Crippen molar-refractivity contribution >= 4 is 17.4 Å². The second-order valence-electron chi connectivity index (χ2n) is 14.7. The molecule has 2 saturated carbocycles. The maximum absolute atomic E-state index is 14.4. The van der Waals surface area contributed by atoms with Gasteiger partial charge in [-0.25, -0.2) is 4.39 Å². The quantitative estimate of drug-likeness (QED) is 0.214. The molecule has 0 radical (unpaired) electrons. The van der Waals surface area contributed by atoms with Crippen LogP contribution in [0.4, 0.5) is 10.1 Å². The van der Waals surface area contributed by atoms with Gasteiger partial charge < -0.3 is 19.3 Å². The van der Waals surface area contributed by atoms with E-state index in [1.807, 2.05) is 30.3 Å². The predicted octanol–water partition coefficient (Wildman–Crippen LogP) is 7.68. The second kappa shape index (κ2) is 14.0. The first-order valence-corrected chi connectivity index (χ1v) is 18.1. The Hall–Kier alpha value is -3.78. The molecule has 3 atom stereocenters. The topological polar surface area (TPSA) is 88.8 Å². The van der Waals surface area contributed by atoms with Gasteiger partial charge in [0.2, 0.25) is 5.91 Å². The number of halogens is 1. The van der Waals surface area contributed by atoms with Crippen molar-refractivity contribution in [1.29, 1.82) is 0 Å². The van der Waals surface area contributed by atoms with Gasteiger partial charge in [0, 0.05) is 42.8 Å². The molecule has 3 aromatic rings. The van der Waals surface area contributed by atoms with Crippen molar-refractivity contribution in [3.05, 3.63) is 93.7 Å². The Morgan fingerprint density at radius 1 is 1.00 bits per heavy atom. The van der Waals surface area contributed by atoms with Gasteiger partial charge in [0.25, 0.3) is 5.56 Å². The maximum Gasteiger partial charge on any atom is 0.274 e. The predicted molar refractivity (Wildman–Crippen MR) is 183 cm³/mol. The molecule has 7 nitrogen and oxygen atoms in total. The van der Waals surface area contributed by atoms with Crippen molar-refractivity contribution < 1.29 is 23.8 Å². The van der Waals surface area contributed by atoms with Gasteiger partial charge in [-0.3, -0.25) is 14.4 Å². The molecule has 1 amide bonds. The van der Waals surface area contributed by atoms with Crippen LogP contribution in [-0.2, 0) is 11.2 Å². The maximum atomic E-state index is 14.4. The first-order valence-electron chi connectivity index (χ1n) is 18.1. The summed E-state index contributed by atoms with van der Waals surface area (Å²) in [5.41, 5.74) is 2.19. The Balaban J connectivity index is 1.14. The zero-order valence-corrected chi connectivity index (χ0v) is 27.7. The summed E-state index contributed by atoms with van der Waals surface area (Å²) in [6.07, 6.45) is 12.6. The van der Waals surface area contributed by atoms with Crippen LogP contribution in [0.1, 0.15) is 123 Å². The molecule has 7 rings (SSSR count). The second-order valence-corrected chi connectivity index (χ2v) is 14.7. The van der Waals surface area contributed by atoms with E-state index in [2.05, 4.69) is 0 Å². The number of pyridine rings is 1. The Morgan fingerprint density at radius 2 is 1.77 bits per heavy atom. The van der Waals surface area contributed by atoms with Gasteiger partial charge in [-0.2, -0.15) is 0 Å². The molecule has 0 bridgehead atoms. The van der Waals surface area contributed by atoms with Crippen LogP contribution in [0.5, 0.6) is 5.75 Å². The third kappa shape index (κ3) is 6.87. The van der Waals surface area contributed by atoms with E-state index in [-0.39, 0.29) is 53.0 Å². The number of ether oxygens (including phenoxy) is 1. The summed E-state index contributed by atoms with van der Waals surface area (Å²) in [5.74, 6) is -0.0628. The average Bonchev–Trinajstić information content (AvgIpc) is 3.88. The lowest BCUT2D eigenvalue weighted by molar-refractivity contribution is -0.117. The van der Waals surface area contributed by atoms with Crippen LogP contribution < -0.4 is 15.2 Å². The van der Waals surface area contributed by atoms with Crippen molar-refractivity contribution in [2.45, 2.75) is 120 Å². The van der Waals surface area contributed by atoms with Gasteiger partial charge >= 0.3 is 0 Å². The number of amides is 1. The lowest BCUT2D eigenvalue weighted by atomic mass is 9.77. The number of hydrogen-bond donors (Lipinski definition) is 1. The van der Waals surface area contributed by atoms with Crippen molar-refractivity contribution in [2.75, 3.05) is 11.4 Å². The molecular weight excluding hydrogens is 607 g/mol. The monoisotopic (exact) mass is 654 g/mol. The smallest absolute Gasteiger partial charge is 0.274 e. The zero-order valence-electron chi connectivity index (χ0n) is 27.7. The Kier molecular flexibility index (Phi) is 9.54. The standard InChI is InChI=1S/C40H47FN2O5/c41-31-15-17-37-33(24-31)28(25-40(48-37)18-6-7-19-40)14-16-35(44)29(21-27-9-2-1-3-10-27)23-36(45)30-22-34(42-20-8-13-38(42)46)39(47)43(26-30)32-11-4-5-12-32/h1-3,9-10,15,17,22,24,26,28-29,32,35,44H,4-8,11-14,16,18-21,23,25H2/t28-,29+,35+/m0/s1. The number of aliphatic hydroxyl groups is 1. The fraction of sp³-hybridized carbons (Fsp3) is 0.525. The van der Waals surface area contributed by atoms with Crippen LogP contribution in [0.3, 0.4) is 0 Å². The number of carbonyl (C=O) groups is 2. The Bertz CT molecular complexity index is 1690. The minimum Gasteiger partial charge on any atom is -0.487 e. The molecule has 1 aromatic heterocycles. The highest BCUT2D eigenvalue weighted by molar-refractivity contribution is 5.99. The fourth-order valence-corrected chi connectivity index (χ4v) is 8.86. The molecule has 1 spiro atoms. The van der Waals surface area contributed by atoms with Crippen molar-refractivity contribution in [3.8, 4) is 5.75 Å². The molecule has 4 aliphatic rings. The molecule has 3 heterocycles. The molecule has 2 aliphatic carbocycles. The first-order chi connectivity index (χ1) is 23.3. The third-order valence-electron chi connectivity index (χ3n) is 11.4. The van der Waals surface area contributed by atoms with Crippen LogP contribution in [-0.4, -0.2) is 39.6 Å². The first kappa shape index (κ1) is 32.8. The highest BCUT2D eigenvalue weighted by atomic mass is 19.1. The van der Waals surface area contributed by atoms with E-state index in [0.29, 0.717) is 49.9 Å². The number of anilines is 1. The van der Waals surface area contributed by atoms with Gasteiger partial charge in [0.15, 0.2) is 5.78 Å². The number of hydrogen-bond acceptors (Lipinski definition) is 5. The number of fused-ring (bicyclic) bond motifs is 1. The highest BCUT2D eigenvalue weighted by Gasteiger charge is 2.43. The van der Waals surface area contributed by atoms with Gasteiger partial charge in [0.05, 0.1) is 6.10 Å². The molecule has 2 aliphatic heterocycles. The number of Topliss-reactive ketones (excluding diaryl/α,β-unsaturated/α-hetero) is 1. The van der Waals surface area contributed by atoms with Crippen molar-refractivity contribution in [1.82, 2.24) is 4.57 Å². The van der Waals surface area contributed by atoms with E-state index < -0.39 is 6.10 Å². The Labute approximate surface area is 282 Å². The van der Waals surface area contributed by atoms with E-state index in [1.54, 1.807) is 33.9 Å². The van der Waals surface area contributed by atoms with E-state index in [4.69, 9.17) is 4.74 Å². The average molecular weight is 655 g/mol. The fourth-order valence-electron chi connectivity index (χ4n) is 8.86. The van der Waals surface area contributed by atoms with Crippen LogP contribution in [0.2, 0.25) is 0 Å². The van der Waals surface area contributed by atoms with Gasteiger partial charge in [0.1, 0.15) is 22.9 Å². The molecule has 3 fully saturated rings. The lowest BCUT2D eigenvalue weighted by Gasteiger charge is -2.40. The summed E-state index contributed by atoms with van der Waals surface area (Å²) in [6, 6.07) is 16.3. The SMILES string of the molecule is O=C(C[C@@H](Cc1ccccc1)[C@H](O)CC[C@H]1CC2(CCCC2)Oc2ccc(F)cc21)c1cc(N2CCCC2=O)c(=O)n(C2CCCC2)c1. The molecule has 2 aromatic carbocycles. The van der Waals surface area contributed by atoms with Crippen LogP contribution >= 0.6 is 0 Å². The zero-order chi connectivity index (χ0) is 33.3. The summed E-state index contributed by atoms with van der Waals surface area (Å²) < 4.78 is 22.6. The normalized spacial score (nSPS) is 21.8. The van der Waals surface area contributed by atoms with Crippen LogP contribution in [0, 0.1) is 11.7 Å². The molecule has 1 N–H and O–H groups in total. The van der Waals surface area contributed by atoms with Gasteiger partial charge in [-0.1, -0.05) is 43.2 Å². The molecule has 254 valence electrons. The van der Waals surface area contributed by atoms with Crippen molar-refractivity contribution in [2.24, 2.45) is 5.92 Å². The molecule has 8 heteroatoms.